The molecule has 0 saturated carbocycles. The molecule has 0 radical (unpaired) electrons. The molecule has 0 saturated heterocycles. The summed E-state index contributed by atoms with van der Waals surface area (Å²) < 4.78 is 21.3. The molecule has 8 nitrogen and oxygen atoms in total. The Labute approximate surface area is 234 Å². The summed E-state index contributed by atoms with van der Waals surface area (Å²) in [7, 11) is 1.45. The second kappa shape index (κ2) is 13.4. The molecule has 0 fully saturated rings. The Morgan fingerprint density at radius 1 is 0.842 bits per heavy atom. The van der Waals surface area contributed by atoms with Gasteiger partial charge in [0.1, 0.15) is 18.0 Å². The quantitative estimate of drug-likeness (QED) is 0.185. The summed E-state index contributed by atoms with van der Waals surface area (Å²) in [5, 5.41) is 0.598. The van der Waals surface area contributed by atoms with E-state index in [0.29, 0.717) is 16.3 Å². The van der Waals surface area contributed by atoms with E-state index in [1.54, 1.807) is 50.2 Å². The van der Waals surface area contributed by atoms with Gasteiger partial charge in [0.25, 0.3) is 0 Å². The van der Waals surface area contributed by atoms with Crippen LogP contribution in [0.15, 0.2) is 54.6 Å². The van der Waals surface area contributed by atoms with Gasteiger partial charge in [-0.05, 0) is 68.4 Å². The van der Waals surface area contributed by atoms with Gasteiger partial charge in [0.15, 0.2) is 11.5 Å². The van der Waals surface area contributed by atoms with Crippen LogP contribution in [-0.2, 0) is 14.3 Å². The van der Waals surface area contributed by atoms with Crippen LogP contribution in [-0.4, -0.2) is 44.7 Å². The number of hydrogen-bond acceptors (Lipinski definition) is 7. The molecule has 0 aliphatic carbocycles. The van der Waals surface area contributed by atoms with Gasteiger partial charge in [0.05, 0.1) is 41.6 Å². The van der Waals surface area contributed by atoms with Crippen LogP contribution in [0.4, 0.5) is 10.5 Å². The van der Waals surface area contributed by atoms with E-state index in [1.165, 1.54) is 25.3 Å². The van der Waals surface area contributed by atoms with Gasteiger partial charge in [-0.15, -0.1) is 0 Å². The molecule has 0 aromatic heterocycles. The van der Waals surface area contributed by atoms with Gasteiger partial charge >= 0.3 is 12.1 Å². The topological polar surface area (TPSA) is 91.4 Å². The molecular weight excluding hydrogens is 557 g/mol. The van der Waals surface area contributed by atoms with Gasteiger partial charge in [0.2, 0.25) is 0 Å². The van der Waals surface area contributed by atoms with Crippen molar-refractivity contribution in [3.8, 4) is 17.2 Å². The largest absolute Gasteiger partial charge is 0.496 e. The lowest BCUT2D eigenvalue weighted by Crippen LogP contribution is -2.37. The average molecular weight is 581 g/mol. The molecule has 3 aromatic carbocycles. The van der Waals surface area contributed by atoms with Crippen LogP contribution in [0.3, 0.4) is 0 Å². The van der Waals surface area contributed by atoms with E-state index in [0.717, 1.165) is 4.90 Å². The van der Waals surface area contributed by atoms with Crippen molar-refractivity contribution in [1.29, 1.82) is 0 Å². The Hall–Kier alpha value is -3.46. The number of ketones is 1. The first-order chi connectivity index (χ1) is 18.2. The number of ether oxygens (including phenoxy) is 4. The number of anilines is 1. The Balaban J connectivity index is 1.94. The number of carbonyl (C=O) groups is 3. The fourth-order valence-corrected chi connectivity index (χ4v) is 4.08. The molecule has 0 N–H and O–H groups in total. The van der Waals surface area contributed by atoms with Crippen molar-refractivity contribution in [3.05, 3.63) is 80.8 Å². The Bertz CT molecular complexity index is 1310. The summed E-state index contributed by atoms with van der Waals surface area (Å²) in [5.74, 6) is -0.265. The Morgan fingerprint density at radius 2 is 1.47 bits per heavy atom. The average Bonchev–Trinajstić information content (AvgIpc) is 2.89. The molecule has 3 rings (SSSR count). The predicted molar refractivity (Wildman–Crippen MR) is 145 cm³/mol. The lowest BCUT2D eigenvalue weighted by atomic mass is 10.0. The number of nitrogens with zero attached hydrogens (tertiary/aromatic N) is 1. The molecular formula is C27H24Cl3NO7. The monoisotopic (exact) mass is 579 g/mol. The maximum atomic E-state index is 13.1. The maximum absolute atomic E-state index is 13.1. The standard InChI is InChI=1S/C27H24Cl3NO7/c1-4-36-24(32)15-31(27(34)37-5-2)18-12-21(29)26(22(30)13-18)38-19-10-11-23(35-3)20(14-19)25(33)16-6-8-17(28)9-7-16/h6-14H,4-5,15H2,1-3H3. The molecule has 0 bridgehead atoms. The van der Waals surface area contributed by atoms with Crippen LogP contribution in [0.1, 0.15) is 29.8 Å². The van der Waals surface area contributed by atoms with E-state index in [4.69, 9.17) is 53.8 Å². The minimum atomic E-state index is -0.776. The fraction of sp³-hybridized carbons (Fsp3) is 0.222. The molecule has 38 heavy (non-hydrogen) atoms. The number of halogens is 3. The van der Waals surface area contributed by atoms with Crippen LogP contribution in [0.5, 0.6) is 17.2 Å². The molecule has 0 heterocycles. The minimum Gasteiger partial charge on any atom is -0.496 e. The second-order valence-corrected chi connectivity index (χ2v) is 8.88. The van der Waals surface area contributed by atoms with Gasteiger partial charge in [-0.2, -0.15) is 0 Å². The zero-order valence-electron chi connectivity index (χ0n) is 20.8. The van der Waals surface area contributed by atoms with Crippen molar-refractivity contribution in [2.24, 2.45) is 0 Å². The third-order valence-electron chi connectivity index (χ3n) is 5.12. The zero-order chi connectivity index (χ0) is 27.8. The van der Waals surface area contributed by atoms with Crippen molar-refractivity contribution in [2.45, 2.75) is 13.8 Å². The van der Waals surface area contributed by atoms with Crippen LogP contribution >= 0.6 is 34.8 Å². The molecule has 0 aliphatic heterocycles. The number of carbonyl (C=O) groups excluding carboxylic acids is 3. The molecule has 11 heteroatoms. The smallest absolute Gasteiger partial charge is 0.414 e. The van der Waals surface area contributed by atoms with Crippen LogP contribution < -0.4 is 14.4 Å². The predicted octanol–water partition coefficient (Wildman–Crippen LogP) is 7.20. The first-order valence-corrected chi connectivity index (χ1v) is 12.6. The Kier molecular flexibility index (Phi) is 10.2. The van der Waals surface area contributed by atoms with Gasteiger partial charge < -0.3 is 18.9 Å². The maximum Gasteiger partial charge on any atom is 0.414 e. The van der Waals surface area contributed by atoms with Gasteiger partial charge in [-0.25, -0.2) is 4.79 Å². The SMILES string of the molecule is CCOC(=O)CN(C(=O)OCC)c1cc(Cl)c(Oc2ccc(OC)c(C(=O)c3ccc(Cl)cc3)c2)c(Cl)c1. The van der Waals surface area contributed by atoms with E-state index in [2.05, 4.69) is 0 Å². The third-order valence-corrected chi connectivity index (χ3v) is 5.93. The fourth-order valence-electron chi connectivity index (χ4n) is 3.40. The molecule has 0 atom stereocenters. The van der Waals surface area contributed by atoms with Crippen molar-refractivity contribution in [1.82, 2.24) is 0 Å². The van der Waals surface area contributed by atoms with E-state index in [1.807, 2.05) is 0 Å². The highest BCUT2D eigenvalue weighted by molar-refractivity contribution is 6.37. The summed E-state index contributed by atoms with van der Waals surface area (Å²) in [5.41, 5.74) is 0.859. The van der Waals surface area contributed by atoms with Crippen molar-refractivity contribution in [3.63, 3.8) is 0 Å². The number of methoxy groups -OCH3 is 1. The number of benzene rings is 3. The number of amides is 1. The first-order valence-electron chi connectivity index (χ1n) is 11.4. The number of esters is 1. The first kappa shape index (κ1) is 29.1. The highest BCUT2D eigenvalue weighted by Crippen LogP contribution is 2.41. The van der Waals surface area contributed by atoms with E-state index in [-0.39, 0.29) is 51.8 Å². The zero-order valence-corrected chi connectivity index (χ0v) is 23.0. The van der Waals surface area contributed by atoms with E-state index in [9.17, 15) is 14.4 Å². The normalized spacial score (nSPS) is 10.5. The van der Waals surface area contributed by atoms with E-state index < -0.39 is 18.6 Å². The third kappa shape index (κ3) is 7.10. The summed E-state index contributed by atoms with van der Waals surface area (Å²) in [6, 6.07) is 13.9. The van der Waals surface area contributed by atoms with Crippen molar-refractivity contribution in [2.75, 3.05) is 31.8 Å². The van der Waals surface area contributed by atoms with Gasteiger partial charge in [0, 0.05) is 10.6 Å². The van der Waals surface area contributed by atoms with Gasteiger partial charge in [-0.3, -0.25) is 14.5 Å². The number of hydrogen-bond donors (Lipinski definition) is 0. The lowest BCUT2D eigenvalue weighted by Gasteiger charge is -2.22. The second-order valence-electron chi connectivity index (χ2n) is 7.63. The van der Waals surface area contributed by atoms with Crippen molar-refractivity contribution >= 4 is 58.3 Å². The molecule has 0 aliphatic rings. The molecule has 200 valence electrons. The molecule has 0 spiro atoms. The van der Waals surface area contributed by atoms with Crippen LogP contribution in [0.25, 0.3) is 0 Å². The highest BCUT2D eigenvalue weighted by atomic mass is 35.5. The Morgan fingerprint density at radius 3 is 2.05 bits per heavy atom. The van der Waals surface area contributed by atoms with Crippen LogP contribution in [0.2, 0.25) is 15.1 Å². The minimum absolute atomic E-state index is 0.0482. The number of rotatable bonds is 10. The molecule has 0 unspecified atom stereocenters. The highest BCUT2D eigenvalue weighted by Gasteiger charge is 2.24. The van der Waals surface area contributed by atoms with E-state index >= 15 is 0 Å². The summed E-state index contributed by atoms with van der Waals surface area (Å²) in [4.78, 5) is 38.8. The van der Waals surface area contributed by atoms with Gasteiger partial charge in [-0.1, -0.05) is 34.8 Å². The van der Waals surface area contributed by atoms with Crippen LogP contribution in [0, 0.1) is 0 Å². The van der Waals surface area contributed by atoms with Crippen molar-refractivity contribution < 1.29 is 33.3 Å². The summed E-state index contributed by atoms with van der Waals surface area (Å²) >= 11 is 18.9. The summed E-state index contributed by atoms with van der Waals surface area (Å²) in [6.45, 7) is 3.12. The molecule has 1 amide bonds. The lowest BCUT2D eigenvalue weighted by molar-refractivity contribution is -0.141. The summed E-state index contributed by atoms with van der Waals surface area (Å²) in [6.07, 6.45) is -0.776. The molecule has 3 aromatic rings.